The van der Waals surface area contributed by atoms with Gasteiger partial charge in [0.2, 0.25) is 0 Å². The van der Waals surface area contributed by atoms with E-state index in [0.717, 1.165) is 28.0 Å². The lowest BCUT2D eigenvalue weighted by Crippen LogP contribution is -2.43. The van der Waals surface area contributed by atoms with Crippen LogP contribution in [0.15, 0.2) is 24.3 Å². The first kappa shape index (κ1) is 15.3. The topological polar surface area (TPSA) is 32.3 Å². The lowest BCUT2D eigenvalue weighted by molar-refractivity contribution is 0.0911. The van der Waals surface area contributed by atoms with Crippen LogP contribution < -0.4 is 5.32 Å². The minimum atomic E-state index is 0.0797. The van der Waals surface area contributed by atoms with Crippen LogP contribution in [0.5, 0.6) is 0 Å². The third kappa shape index (κ3) is 3.97. The third-order valence-electron chi connectivity index (χ3n) is 4.80. The van der Waals surface area contributed by atoms with Crippen LogP contribution in [0.2, 0.25) is 0 Å². The first-order valence-corrected chi connectivity index (χ1v) is 9.11. The Kier molecular flexibility index (Phi) is 5.16. The first-order chi connectivity index (χ1) is 10.2. The van der Waals surface area contributed by atoms with Crippen molar-refractivity contribution < 1.29 is 4.79 Å². The fourth-order valence-electron chi connectivity index (χ4n) is 3.56. The molecule has 4 heteroatoms. The number of halogens is 1. The molecule has 1 heterocycles. The predicted octanol–water partition coefficient (Wildman–Crippen LogP) is 3.43. The van der Waals surface area contributed by atoms with E-state index in [-0.39, 0.29) is 5.91 Å². The molecule has 0 atom stereocenters. The second kappa shape index (κ2) is 7.09. The molecule has 0 radical (unpaired) electrons. The van der Waals surface area contributed by atoms with Crippen LogP contribution in [-0.4, -0.2) is 36.0 Å². The van der Waals surface area contributed by atoms with Gasteiger partial charge in [-0.2, -0.15) is 0 Å². The van der Waals surface area contributed by atoms with Gasteiger partial charge in [0.15, 0.2) is 0 Å². The molecule has 0 spiro atoms. The van der Waals surface area contributed by atoms with Gasteiger partial charge in [-0.1, -0.05) is 0 Å². The normalized spacial score (nSPS) is 26.7. The number of amides is 1. The molecule has 1 saturated heterocycles. The van der Waals surface area contributed by atoms with Gasteiger partial charge >= 0.3 is 0 Å². The second-order valence-corrected chi connectivity index (χ2v) is 7.47. The number of benzene rings is 1. The predicted molar refractivity (Wildman–Crippen MR) is 93.5 cm³/mol. The number of hydrogen-bond donors (Lipinski definition) is 1. The largest absolute Gasteiger partial charge is 0.349 e. The van der Waals surface area contributed by atoms with E-state index in [0.29, 0.717) is 6.04 Å². The van der Waals surface area contributed by atoms with Crippen LogP contribution in [0.3, 0.4) is 0 Å². The van der Waals surface area contributed by atoms with Crippen LogP contribution in [0.25, 0.3) is 0 Å². The van der Waals surface area contributed by atoms with Crippen LogP contribution in [0.1, 0.15) is 48.9 Å². The average Bonchev–Trinajstić information content (AvgIpc) is 3.03. The number of nitrogens with one attached hydrogen (secondary N) is 1. The Morgan fingerprint density at radius 2 is 1.67 bits per heavy atom. The zero-order valence-electron chi connectivity index (χ0n) is 12.4. The second-order valence-electron chi connectivity index (χ2n) is 6.23. The molecule has 0 bridgehead atoms. The highest BCUT2D eigenvalue weighted by atomic mass is 127. The van der Waals surface area contributed by atoms with Crippen molar-refractivity contribution in [2.24, 2.45) is 0 Å². The Labute approximate surface area is 140 Å². The highest BCUT2D eigenvalue weighted by Gasteiger charge is 2.28. The molecule has 1 aliphatic carbocycles. The van der Waals surface area contributed by atoms with Crippen molar-refractivity contribution in [3.8, 4) is 0 Å². The maximum Gasteiger partial charge on any atom is 0.251 e. The summed E-state index contributed by atoms with van der Waals surface area (Å²) in [5, 5.41) is 3.21. The smallest absolute Gasteiger partial charge is 0.251 e. The molecule has 2 aliphatic rings. The summed E-state index contributed by atoms with van der Waals surface area (Å²) in [5.74, 6) is 0.0797. The van der Waals surface area contributed by atoms with E-state index in [2.05, 4.69) is 32.8 Å². The van der Waals surface area contributed by atoms with Crippen molar-refractivity contribution in [1.29, 1.82) is 0 Å². The molecule has 0 aromatic heterocycles. The number of carbonyl (C=O) groups is 1. The highest BCUT2D eigenvalue weighted by Crippen LogP contribution is 2.26. The minimum Gasteiger partial charge on any atom is -0.349 e. The number of rotatable bonds is 3. The van der Waals surface area contributed by atoms with Gasteiger partial charge in [-0.15, -0.1) is 0 Å². The van der Waals surface area contributed by atoms with Crippen LogP contribution in [-0.2, 0) is 0 Å². The van der Waals surface area contributed by atoms with E-state index in [1.54, 1.807) is 0 Å². The summed E-state index contributed by atoms with van der Waals surface area (Å²) in [6.07, 6.45) is 7.44. The Morgan fingerprint density at radius 3 is 2.29 bits per heavy atom. The lowest BCUT2D eigenvalue weighted by Gasteiger charge is -2.34. The summed E-state index contributed by atoms with van der Waals surface area (Å²) in [5.41, 5.74) is 0.775. The Balaban J connectivity index is 1.48. The summed E-state index contributed by atoms with van der Waals surface area (Å²) < 4.78 is 1.16. The number of likely N-dealkylation sites (tertiary alicyclic amines) is 1. The summed E-state index contributed by atoms with van der Waals surface area (Å²) >= 11 is 2.26. The molecule has 1 aromatic rings. The van der Waals surface area contributed by atoms with E-state index in [4.69, 9.17) is 0 Å². The standard InChI is InChI=1S/C17H23IN2O/c18-14-5-3-13(4-6-14)17(21)19-15-7-9-16(10-8-15)20-11-1-2-12-20/h3-6,15-16H,1-2,7-12H2,(H,19,21)/t15-,16-. The number of nitrogens with zero attached hydrogens (tertiary/aromatic N) is 1. The van der Waals surface area contributed by atoms with Gasteiger partial charge in [-0.25, -0.2) is 0 Å². The molecule has 21 heavy (non-hydrogen) atoms. The molecule has 1 amide bonds. The molecule has 3 rings (SSSR count). The molecule has 1 N–H and O–H groups in total. The maximum absolute atomic E-state index is 12.2. The van der Waals surface area contributed by atoms with E-state index >= 15 is 0 Å². The van der Waals surface area contributed by atoms with Crippen molar-refractivity contribution in [2.45, 2.75) is 50.6 Å². The molecule has 1 aromatic carbocycles. The third-order valence-corrected chi connectivity index (χ3v) is 5.51. The molecule has 2 fully saturated rings. The van der Waals surface area contributed by atoms with Crippen molar-refractivity contribution in [3.05, 3.63) is 33.4 Å². The van der Waals surface area contributed by atoms with Gasteiger partial charge in [-0.05, 0) is 98.5 Å². The Morgan fingerprint density at radius 1 is 1.05 bits per heavy atom. The van der Waals surface area contributed by atoms with E-state index in [1.807, 2.05) is 24.3 Å². The molecular formula is C17H23IN2O. The molecule has 114 valence electrons. The highest BCUT2D eigenvalue weighted by molar-refractivity contribution is 14.1. The first-order valence-electron chi connectivity index (χ1n) is 8.03. The zero-order valence-corrected chi connectivity index (χ0v) is 14.5. The van der Waals surface area contributed by atoms with Crippen molar-refractivity contribution in [1.82, 2.24) is 10.2 Å². The van der Waals surface area contributed by atoms with Crippen LogP contribution in [0.4, 0.5) is 0 Å². The SMILES string of the molecule is O=C(N[C@H]1CC[C@H](N2CCCC2)CC1)c1ccc(I)cc1. The van der Waals surface area contributed by atoms with Gasteiger partial charge < -0.3 is 10.2 Å². The molecular weight excluding hydrogens is 375 g/mol. The van der Waals surface area contributed by atoms with Gasteiger partial charge in [0, 0.05) is 21.2 Å². The van der Waals surface area contributed by atoms with Crippen molar-refractivity contribution >= 4 is 28.5 Å². The number of hydrogen-bond acceptors (Lipinski definition) is 2. The van der Waals surface area contributed by atoms with Crippen molar-refractivity contribution in [2.75, 3.05) is 13.1 Å². The van der Waals surface area contributed by atoms with E-state index < -0.39 is 0 Å². The molecule has 3 nitrogen and oxygen atoms in total. The monoisotopic (exact) mass is 398 g/mol. The number of carbonyl (C=O) groups excluding carboxylic acids is 1. The lowest BCUT2D eigenvalue weighted by atomic mass is 9.90. The summed E-state index contributed by atoms with van der Waals surface area (Å²) in [6.45, 7) is 2.56. The summed E-state index contributed by atoms with van der Waals surface area (Å²) in [7, 11) is 0. The summed E-state index contributed by atoms with van der Waals surface area (Å²) in [6, 6.07) is 8.91. The molecule has 1 saturated carbocycles. The molecule has 0 unspecified atom stereocenters. The van der Waals surface area contributed by atoms with E-state index in [1.165, 1.54) is 38.8 Å². The summed E-state index contributed by atoms with van der Waals surface area (Å²) in [4.78, 5) is 14.9. The zero-order chi connectivity index (χ0) is 14.7. The fraction of sp³-hybridized carbons (Fsp3) is 0.588. The Bertz CT molecular complexity index is 474. The van der Waals surface area contributed by atoms with Crippen molar-refractivity contribution in [3.63, 3.8) is 0 Å². The van der Waals surface area contributed by atoms with E-state index in [9.17, 15) is 4.79 Å². The minimum absolute atomic E-state index is 0.0797. The van der Waals surface area contributed by atoms with Gasteiger partial charge in [-0.3, -0.25) is 4.79 Å². The molecule has 1 aliphatic heterocycles. The fourth-order valence-corrected chi connectivity index (χ4v) is 3.92. The average molecular weight is 398 g/mol. The Hall–Kier alpha value is -0.620. The van der Waals surface area contributed by atoms with Gasteiger partial charge in [0.1, 0.15) is 0 Å². The van der Waals surface area contributed by atoms with Gasteiger partial charge in [0.05, 0.1) is 0 Å². The maximum atomic E-state index is 12.2. The van der Waals surface area contributed by atoms with Gasteiger partial charge in [0.25, 0.3) is 5.91 Å². The van der Waals surface area contributed by atoms with Crippen LogP contribution >= 0.6 is 22.6 Å². The van der Waals surface area contributed by atoms with Crippen LogP contribution in [0, 0.1) is 3.57 Å². The quantitative estimate of drug-likeness (QED) is 0.792.